The molecule has 1 rings (SSSR count). The maximum atomic E-state index is 12.1. The van der Waals surface area contributed by atoms with Gasteiger partial charge in [-0.2, -0.15) is 5.10 Å². The molecule has 0 aromatic carbocycles. The van der Waals surface area contributed by atoms with Crippen LogP contribution in [0, 0.1) is 6.92 Å². The van der Waals surface area contributed by atoms with Gasteiger partial charge in [0.15, 0.2) is 11.5 Å². The highest BCUT2D eigenvalue weighted by Gasteiger charge is 2.18. The first kappa shape index (κ1) is 13.0. The Morgan fingerprint density at radius 3 is 2.76 bits per heavy atom. The highest BCUT2D eigenvalue weighted by Crippen LogP contribution is 2.05. The number of hydrogen-bond donors (Lipinski definition) is 2. The lowest BCUT2D eigenvalue weighted by atomic mass is 10.3. The van der Waals surface area contributed by atoms with E-state index in [1.165, 1.54) is 4.90 Å². The summed E-state index contributed by atoms with van der Waals surface area (Å²) in [6, 6.07) is 1.71. The molecule has 0 aliphatic carbocycles. The fourth-order valence-electron chi connectivity index (χ4n) is 1.38. The number of hydrogen-bond acceptors (Lipinski definition) is 4. The Kier molecular flexibility index (Phi) is 4.08. The van der Waals surface area contributed by atoms with Crippen molar-refractivity contribution < 1.29 is 10.0 Å². The first-order valence-electron chi connectivity index (χ1n) is 5.25. The number of likely N-dealkylation sites (N-methyl/N-ethyl adjacent to an activating group) is 1. The van der Waals surface area contributed by atoms with Crippen molar-refractivity contribution >= 4 is 11.7 Å². The Balaban J connectivity index is 2.86. The predicted octanol–water partition coefficient (Wildman–Crippen LogP) is -0.0630. The maximum absolute atomic E-state index is 12.1. The fourth-order valence-corrected chi connectivity index (χ4v) is 1.38. The molecule has 7 nitrogen and oxygen atoms in total. The van der Waals surface area contributed by atoms with Gasteiger partial charge in [-0.25, -0.2) is 0 Å². The Morgan fingerprint density at radius 2 is 2.35 bits per heavy atom. The van der Waals surface area contributed by atoms with Crippen molar-refractivity contribution in [3.8, 4) is 0 Å². The second kappa shape index (κ2) is 5.33. The number of carbonyl (C=O) groups is 1. The number of aromatic nitrogens is 2. The van der Waals surface area contributed by atoms with Crippen molar-refractivity contribution in [2.75, 3.05) is 13.1 Å². The lowest BCUT2D eigenvalue weighted by Gasteiger charge is -2.18. The summed E-state index contributed by atoms with van der Waals surface area (Å²) in [7, 11) is 1.77. The van der Waals surface area contributed by atoms with E-state index in [0.717, 1.165) is 5.69 Å². The quantitative estimate of drug-likeness (QED) is 0.333. The molecule has 0 aliphatic rings. The highest BCUT2D eigenvalue weighted by atomic mass is 16.4. The van der Waals surface area contributed by atoms with E-state index in [0.29, 0.717) is 12.2 Å². The molecule has 0 unspecified atom stereocenters. The summed E-state index contributed by atoms with van der Waals surface area (Å²) in [6.45, 7) is 4.23. The van der Waals surface area contributed by atoms with Crippen LogP contribution in [0.1, 0.15) is 23.1 Å². The Hall–Kier alpha value is -2.05. The van der Waals surface area contributed by atoms with Crippen molar-refractivity contribution in [2.45, 2.75) is 13.8 Å². The van der Waals surface area contributed by atoms with Crippen LogP contribution in [-0.2, 0) is 7.05 Å². The summed E-state index contributed by atoms with van der Waals surface area (Å²) in [4.78, 5) is 13.5. The van der Waals surface area contributed by atoms with E-state index in [2.05, 4.69) is 10.3 Å². The zero-order chi connectivity index (χ0) is 13.0. The topological polar surface area (TPSA) is 96.7 Å². The maximum Gasteiger partial charge on any atom is 0.274 e. The van der Waals surface area contributed by atoms with E-state index in [-0.39, 0.29) is 18.3 Å². The van der Waals surface area contributed by atoms with E-state index in [1.54, 1.807) is 17.8 Å². The van der Waals surface area contributed by atoms with Gasteiger partial charge in [0.25, 0.3) is 5.91 Å². The number of oxime groups is 1. The van der Waals surface area contributed by atoms with Gasteiger partial charge in [0.1, 0.15) is 0 Å². The molecule has 1 amide bonds. The lowest BCUT2D eigenvalue weighted by Crippen LogP contribution is -2.38. The van der Waals surface area contributed by atoms with E-state index in [1.807, 2.05) is 13.8 Å². The number of amidine groups is 1. The van der Waals surface area contributed by atoms with Gasteiger partial charge >= 0.3 is 0 Å². The molecule has 0 aliphatic heterocycles. The molecule has 94 valence electrons. The molecule has 0 saturated heterocycles. The van der Waals surface area contributed by atoms with Crippen LogP contribution in [0.15, 0.2) is 11.2 Å². The monoisotopic (exact) mass is 239 g/mol. The molecule has 0 atom stereocenters. The van der Waals surface area contributed by atoms with Crippen molar-refractivity contribution in [2.24, 2.45) is 17.9 Å². The highest BCUT2D eigenvalue weighted by molar-refractivity contribution is 5.95. The van der Waals surface area contributed by atoms with E-state index < -0.39 is 0 Å². The molecule has 0 radical (unpaired) electrons. The standard InChI is InChI=1S/C10H17N5O2/c1-4-15(6-9(11)13-17)10(16)8-5-7(2)14(3)12-8/h5,17H,4,6H2,1-3H3,(H2,11,13). The molecule has 0 saturated carbocycles. The summed E-state index contributed by atoms with van der Waals surface area (Å²) in [6.07, 6.45) is 0. The minimum absolute atomic E-state index is 0.00662. The molecule has 1 aromatic heterocycles. The SMILES string of the molecule is CCN(C/C(N)=N/O)C(=O)c1cc(C)n(C)n1. The largest absolute Gasteiger partial charge is 0.409 e. The molecule has 0 bridgehead atoms. The zero-order valence-corrected chi connectivity index (χ0v) is 10.2. The Morgan fingerprint density at radius 1 is 1.71 bits per heavy atom. The second-order valence-corrected chi connectivity index (χ2v) is 3.71. The van der Waals surface area contributed by atoms with Crippen LogP contribution in [0.25, 0.3) is 0 Å². The van der Waals surface area contributed by atoms with Gasteiger partial charge in [-0.3, -0.25) is 9.48 Å². The Labute approximate surface area is 99.5 Å². The van der Waals surface area contributed by atoms with Gasteiger partial charge in [-0.15, -0.1) is 0 Å². The van der Waals surface area contributed by atoms with Crippen LogP contribution in [0.4, 0.5) is 0 Å². The molecule has 3 N–H and O–H groups in total. The van der Waals surface area contributed by atoms with Crippen LogP contribution in [0.5, 0.6) is 0 Å². The van der Waals surface area contributed by atoms with E-state index >= 15 is 0 Å². The number of aryl methyl sites for hydroxylation is 2. The third-order valence-electron chi connectivity index (χ3n) is 2.48. The average Bonchev–Trinajstić information content (AvgIpc) is 2.65. The molecule has 17 heavy (non-hydrogen) atoms. The van der Waals surface area contributed by atoms with Crippen LogP contribution < -0.4 is 5.73 Å². The van der Waals surface area contributed by atoms with E-state index in [4.69, 9.17) is 10.9 Å². The van der Waals surface area contributed by atoms with E-state index in [9.17, 15) is 4.79 Å². The first-order chi connectivity index (χ1) is 7.99. The molecule has 1 aromatic rings. The summed E-state index contributed by atoms with van der Waals surface area (Å²) < 4.78 is 1.63. The predicted molar refractivity (Wildman–Crippen MR) is 62.9 cm³/mol. The van der Waals surface area contributed by atoms with Gasteiger partial charge < -0.3 is 15.8 Å². The number of nitrogens with two attached hydrogens (primary N) is 1. The third-order valence-corrected chi connectivity index (χ3v) is 2.48. The molecule has 7 heteroatoms. The minimum atomic E-state index is -0.234. The summed E-state index contributed by atoms with van der Waals surface area (Å²) in [5, 5.41) is 15.4. The smallest absolute Gasteiger partial charge is 0.274 e. The van der Waals surface area contributed by atoms with Crippen molar-refractivity contribution in [1.29, 1.82) is 0 Å². The van der Waals surface area contributed by atoms with Crippen LogP contribution >= 0.6 is 0 Å². The summed E-state index contributed by atoms with van der Waals surface area (Å²) in [5.41, 5.74) is 6.64. The summed E-state index contributed by atoms with van der Waals surface area (Å²) >= 11 is 0. The van der Waals surface area contributed by atoms with Gasteiger partial charge in [0.2, 0.25) is 0 Å². The molecule has 0 fully saturated rings. The summed E-state index contributed by atoms with van der Waals surface area (Å²) in [5.74, 6) is -0.240. The Bertz CT molecular complexity index is 418. The van der Waals surface area contributed by atoms with Gasteiger partial charge in [0.05, 0.1) is 6.54 Å². The molecule has 0 spiro atoms. The van der Waals surface area contributed by atoms with Gasteiger partial charge in [-0.1, -0.05) is 5.16 Å². The zero-order valence-electron chi connectivity index (χ0n) is 10.2. The fraction of sp³-hybridized carbons (Fsp3) is 0.500. The molecular weight excluding hydrogens is 222 g/mol. The number of amides is 1. The van der Waals surface area contributed by atoms with Crippen LogP contribution in [0.2, 0.25) is 0 Å². The van der Waals surface area contributed by atoms with Crippen LogP contribution in [0.3, 0.4) is 0 Å². The third kappa shape index (κ3) is 2.96. The van der Waals surface area contributed by atoms with Crippen molar-refractivity contribution in [3.63, 3.8) is 0 Å². The first-order valence-corrected chi connectivity index (χ1v) is 5.25. The second-order valence-electron chi connectivity index (χ2n) is 3.71. The molecule has 1 heterocycles. The van der Waals surface area contributed by atoms with Crippen molar-refractivity contribution in [1.82, 2.24) is 14.7 Å². The molecular formula is C10H17N5O2. The van der Waals surface area contributed by atoms with Gasteiger partial charge in [0, 0.05) is 19.3 Å². The lowest BCUT2D eigenvalue weighted by molar-refractivity contribution is 0.0779. The number of nitrogens with zero attached hydrogens (tertiary/aromatic N) is 4. The van der Waals surface area contributed by atoms with Gasteiger partial charge in [-0.05, 0) is 19.9 Å². The number of carbonyl (C=O) groups excluding carboxylic acids is 1. The normalized spacial score (nSPS) is 11.6. The van der Waals surface area contributed by atoms with Crippen LogP contribution in [-0.4, -0.2) is 44.7 Å². The average molecular weight is 239 g/mol. The number of rotatable bonds is 4. The minimum Gasteiger partial charge on any atom is -0.409 e. The van der Waals surface area contributed by atoms with Crippen molar-refractivity contribution in [3.05, 3.63) is 17.5 Å².